The fraction of sp³-hybridized carbons (Fsp3) is 0.944. The summed E-state index contributed by atoms with van der Waals surface area (Å²) in [5, 5.41) is 6.92. The fourth-order valence-electron chi connectivity index (χ4n) is 4.02. The zero-order chi connectivity index (χ0) is 17.7. The second kappa shape index (κ2) is 8.66. The normalized spacial score (nSPS) is 29.5. The third-order valence-electron chi connectivity index (χ3n) is 5.74. The van der Waals surface area contributed by atoms with Crippen LogP contribution in [0.1, 0.15) is 26.7 Å². The molecule has 25 heavy (non-hydrogen) atoms. The Balaban J connectivity index is 1.40. The Morgan fingerprint density at radius 3 is 2.76 bits per heavy atom. The first-order valence-corrected chi connectivity index (χ1v) is 9.71. The first kappa shape index (κ1) is 18.9. The van der Waals surface area contributed by atoms with E-state index in [1.165, 1.54) is 19.4 Å². The van der Waals surface area contributed by atoms with Crippen LogP contribution < -0.4 is 10.6 Å². The average Bonchev–Trinajstić information content (AvgIpc) is 3.10. The summed E-state index contributed by atoms with van der Waals surface area (Å²) in [5.41, 5.74) is 0.0749. The smallest absolute Gasteiger partial charge is 0.191 e. The van der Waals surface area contributed by atoms with Crippen molar-refractivity contribution in [3.8, 4) is 0 Å². The molecule has 0 aliphatic carbocycles. The molecular formula is C18H35N5O2. The Morgan fingerprint density at radius 2 is 2.00 bits per heavy atom. The van der Waals surface area contributed by atoms with Gasteiger partial charge in [0.1, 0.15) is 0 Å². The van der Waals surface area contributed by atoms with Crippen LogP contribution in [0.2, 0.25) is 0 Å². The maximum absolute atomic E-state index is 6.02. The number of aliphatic imine (C=N–C) groups is 1. The molecule has 2 atom stereocenters. The van der Waals surface area contributed by atoms with E-state index in [2.05, 4.69) is 39.3 Å². The molecule has 3 rings (SSSR count). The molecule has 0 radical (unpaired) electrons. The van der Waals surface area contributed by atoms with Gasteiger partial charge in [-0.1, -0.05) is 0 Å². The zero-order valence-electron chi connectivity index (χ0n) is 16.1. The summed E-state index contributed by atoms with van der Waals surface area (Å²) in [6.07, 6.45) is 2.86. The number of rotatable bonds is 5. The van der Waals surface area contributed by atoms with Crippen molar-refractivity contribution in [3.05, 3.63) is 0 Å². The van der Waals surface area contributed by atoms with Crippen molar-refractivity contribution in [1.82, 2.24) is 20.4 Å². The molecule has 144 valence electrons. The van der Waals surface area contributed by atoms with Gasteiger partial charge in [0, 0.05) is 51.4 Å². The van der Waals surface area contributed by atoms with Crippen LogP contribution in [0.5, 0.6) is 0 Å². The number of fused-ring (bicyclic) bond motifs is 1. The largest absolute Gasteiger partial charge is 0.379 e. The quantitative estimate of drug-likeness (QED) is 0.541. The molecule has 0 saturated carbocycles. The number of nitrogens with zero attached hydrogens (tertiary/aromatic N) is 3. The van der Waals surface area contributed by atoms with Crippen LogP contribution in [0.4, 0.5) is 0 Å². The van der Waals surface area contributed by atoms with Gasteiger partial charge in [-0.05, 0) is 33.2 Å². The third-order valence-corrected chi connectivity index (χ3v) is 5.74. The van der Waals surface area contributed by atoms with Crippen LogP contribution in [0, 0.1) is 0 Å². The Morgan fingerprint density at radius 1 is 1.20 bits per heavy atom. The molecule has 0 aromatic carbocycles. The minimum atomic E-state index is 0.0749. The number of morpholine rings is 2. The molecule has 3 fully saturated rings. The van der Waals surface area contributed by atoms with E-state index in [4.69, 9.17) is 9.47 Å². The highest BCUT2D eigenvalue weighted by Gasteiger charge is 2.32. The van der Waals surface area contributed by atoms with Crippen LogP contribution in [0.25, 0.3) is 0 Å². The van der Waals surface area contributed by atoms with Gasteiger partial charge in [-0.2, -0.15) is 0 Å². The van der Waals surface area contributed by atoms with Crippen LogP contribution in [-0.2, 0) is 9.47 Å². The van der Waals surface area contributed by atoms with E-state index in [9.17, 15) is 0 Å². The second-order valence-corrected chi connectivity index (χ2v) is 7.96. The van der Waals surface area contributed by atoms with E-state index in [0.29, 0.717) is 6.04 Å². The predicted molar refractivity (Wildman–Crippen MR) is 100 cm³/mol. The molecule has 3 aliphatic rings. The third kappa shape index (κ3) is 5.06. The van der Waals surface area contributed by atoms with Gasteiger partial charge in [0.2, 0.25) is 0 Å². The minimum absolute atomic E-state index is 0.0749. The minimum Gasteiger partial charge on any atom is -0.379 e. The van der Waals surface area contributed by atoms with E-state index in [0.717, 1.165) is 58.5 Å². The van der Waals surface area contributed by atoms with E-state index in [-0.39, 0.29) is 11.6 Å². The lowest BCUT2D eigenvalue weighted by Crippen LogP contribution is -2.57. The van der Waals surface area contributed by atoms with Gasteiger partial charge in [0.15, 0.2) is 5.96 Å². The lowest BCUT2D eigenvalue weighted by atomic mass is 10.0. The lowest BCUT2D eigenvalue weighted by Gasteiger charge is -2.41. The highest BCUT2D eigenvalue weighted by Crippen LogP contribution is 2.22. The molecule has 0 amide bonds. The molecule has 7 nitrogen and oxygen atoms in total. The van der Waals surface area contributed by atoms with Crippen molar-refractivity contribution in [2.45, 2.75) is 44.4 Å². The molecule has 7 heteroatoms. The molecule has 3 saturated heterocycles. The van der Waals surface area contributed by atoms with Crippen LogP contribution in [-0.4, -0.2) is 99.6 Å². The van der Waals surface area contributed by atoms with E-state index >= 15 is 0 Å². The monoisotopic (exact) mass is 353 g/mol. The number of guanidine groups is 1. The lowest BCUT2D eigenvalue weighted by molar-refractivity contribution is -0.0453. The number of hydrogen-bond acceptors (Lipinski definition) is 5. The highest BCUT2D eigenvalue weighted by atomic mass is 16.5. The summed E-state index contributed by atoms with van der Waals surface area (Å²) in [6.45, 7) is 13.0. The molecule has 3 aliphatic heterocycles. The summed E-state index contributed by atoms with van der Waals surface area (Å²) in [7, 11) is 1.83. The topological polar surface area (TPSA) is 61.4 Å². The second-order valence-electron chi connectivity index (χ2n) is 7.96. The Bertz CT molecular complexity index is 451. The molecule has 0 bridgehead atoms. The van der Waals surface area contributed by atoms with Gasteiger partial charge < -0.3 is 20.1 Å². The van der Waals surface area contributed by atoms with Crippen molar-refractivity contribution in [2.24, 2.45) is 4.99 Å². The zero-order valence-corrected chi connectivity index (χ0v) is 16.1. The number of hydrogen-bond donors (Lipinski definition) is 2. The molecule has 2 N–H and O–H groups in total. The first-order chi connectivity index (χ1) is 12.1. The SMILES string of the molecule is CN=C(NCC1CN2CCCC2CO1)NCC(C)(C)N1CCOCC1. The van der Waals surface area contributed by atoms with E-state index < -0.39 is 0 Å². The van der Waals surface area contributed by atoms with Crippen molar-refractivity contribution in [1.29, 1.82) is 0 Å². The number of ether oxygens (including phenoxy) is 2. The van der Waals surface area contributed by atoms with E-state index in [1.54, 1.807) is 0 Å². The van der Waals surface area contributed by atoms with Gasteiger partial charge in [0.25, 0.3) is 0 Å². The van der Waals surface area contributed by atoms with Gasteiger partial charge in [0.05, 0.1) is 25.9 Å². The maximum Gasteiger partial charge on any atom is 0.191 e. The van der Waals surface area contributed by atoms with Crippen molar-refractivity contribution in [3.63, 3.8) is 0 Å². The highest BCUT2D eigenvalue weighted by molar-refractivity contribution is 5.79. The van der Waals surface area contributed by atoms with Gasteiger partial charge in [-0.15, -0.1) is 0 Å². The van der Waals surface area contributed by atoms with Crippen LogP contribution >= 0.6 is 0 Å². The van der Waals surface area contributed by atoms with Gasteiger partial charge in [-0.3, -0.25) is 14.8 Å². The molecule has 0 aromatic rings. The maximum atomic E-state index is 6.02. The van der Waals surface area contributed by atoms with Gasteiger partial charge in [-0.25, -0.2) is 0 Å². The molecule has 2 unspecified atom stereocenters. The standard InChI is InChI=1S/C18H35N5O2/c1-18(2,23-7-9-24-10-8-23)14-21-17(19-3)20-11-16-12-22-6-4-5-15(22)13-25-16/h15-16H,4-14H2,1-3H3,(H2,19,20,21). The van der Waals surface area contributed by atoms with Crippen molar-refractivity contribution >= 4 is 5.96 Å². The summed E-state index contributed by atoms with van der Waals surface area (Å²) < 4.78 is 11.5. The Kier molecular flexibility index (Phi) is 6.55. The van der Waals surface area contributed by atoms with Crippen molar-refractivity contribution in [2.75, 3.05) is 66.1 Å². The van der Waals surface area contributed by atoms with Gasteiger partial charge >= 0.3 is 0 Å². The summed E-state index contributed by atoms with van der Waals surface area (Å²) >= 11 is 0. The Labute approximate surface area is 152 Å². The van der Waals surface area contributed by atoms with Crippen LogP contribution in [0.3, 0.4) is 0 Å². The molecule has 0 aromatic heterocycles. The summed E-state index contributed by atoms with van der Waals surface area (Å²) in [5.74, 6) is 0.855. The average molecular weight is 354 g/mol. The Hall–Kier alpha value is -0.890. The van der Waals surface area contributed by atoms with E-state index in [1.807, 2.05) is 7.05 Å². The van der Waals surface area contributed by atoms with Crippen molar-refractivity contribution < 1.29 is 9.47 Å². The van der Waals surface area contributed by atoms with Crippen LogP contribution in [0.15, 0.2) is 4.99 Å². The summed E-state index contributed by atoms with van der Waals surface area (Å²) in [6, 6.07) is 0.656. The molecular weight excluding hydrogens is 318 g/mol. The summed E-state index contributed by atoms with van der Waals surface area (Å²) in [4.78, 5) is 9.43. The molecule has 3 heterocycles. The predicted octanol–water partition coefficient (Wildman–Crippen LogP) is 0.125. The molecule has 0 spiro atoms. The number of nitrogens with one attached hydrogen (secondary N) is 2. The fourth-order valence-corrected chi connectivity index (χ4v) is 4.02. The first-order valence-electron chi connectivity index (χ1n) is 9.71.